The summed E-state index contributed by atoms with van der Waals surface area (Å²) in [6.07, 6.45) is 11.3. The van der Waals surface area contributed by atoms with Crippen LogP contribution in [0.4, 0.5) is 0 Å². The molecule has 2 saturated heterocycles. The second-order valence-corrected chi connectivity index (χ2v) is 6.92. The van der Waals surface area contributed by atoms with Crippen LogP contribution >= 0.6 is 0 Å². The molecule has 0 radical (unpaired) electrons. The molecule has 0 aromatic carbocycles. The van der Waals surface area contributed by atoms with E-state index in [1.165, 1.54) is 5.57 Å². The number of carbonyl (C=O) groups is 1. The second kappa shape index (κ2) is 6.04. The molecule has 22 heavy (non-hydrogen) atoms. The molecule has 1 aliphatic carbocycles. The Hall–Kier alpha value is -1.35. The van der Waals surface area contributed by atoms with E-state index in [2.05, 4.69) is 26.5 Å². The smallest absolute Gasteiger partial charge is 0.334 e. The van der Waals surface area contributed by atoms with Gasteiger partial charge in [0.2, 0.25) is 0 Å². The van der Waals surface area contributed by atoms with Crippen LogP contribution < -0.4 is 0 Å². The summed E-state index contributed by atoms with van der Waals surface area (Å²) in [6.45, 7) is 9.05. The molecule has 3 rings (SSSR count). The molecule has 2 aliphatic heterocycles. The molecule has 0 N–H and O–H groups in total. The molecular weight excluding hydrogens is 276 g/mol. The first-order chi connectivity index (χ1) is 10.5. The van der Waals surface area contributed by atoms with Gasteiger partial charge in [0.25, 0.3) is 0 Å². The minimum absolute atomic E-state index is 0.0148. The summed E-state index contributed by atoms with van der Waals surface area (Å²) in [5, 5.41) is 0. The third kappa shape index (κ3) is 2.91. The highest BCUT2D eigenvalue weighted by molar-refractivity contribution is 5.90. The summed E-state index contributed by atoms with van der Waals surface area (Å²) in [4.78, 5) is 12.2. The van der Waals surface area contributed by atoms with E-state index in [0.717, 1.165) is 37.7 Å². The molecule has 0 bridgehead atoms. The molecule has 0 amide bonds. The predicted molar refractivity (Wildman–Crippen MR) is 86.3 cm³/mol. The Bertz CT molecular complexity index is 531. The van der Waals surface area contributed by atoms with Crippen LogP contribution in [0.3, 0.4) is 0 Å². The molecule has 0 aromatic rings. The highest BCUT2D eigenvalue weighted by Gasteiger charge is 2.53. The summed E-state index contributed by atoms with van der Waals surface area (Å²) in [7, 11) is 0. The number of allylic oxidation sites excluding steroid dienone is 3. The number of esters is 1. The molecule has 0 unspecified atom stereocenters. The van der Waals surface area contributed by atoms with Crippen LogP contribution in [0.1, 0.15) is 46.0 Å². The Morgan fingerprint density at radius 2 is 2.18 bits per heavy atom. The van der Waals surface area contributed by atoms with E-state index in [1.807, 2.05) is 12.2 Å². The fourth-order valence-corrected chi connectivity index (χ4v) is 3.81. The van der Waals surface area contributed by atoms with Gasteiger partial charge < -0.3 is 9.47 Å². The van der Waals surface area contributed by atoms with Gasteiger partial charge in [-0.3, -0.25) is 0 Å². The van der Waals surface area contributed by atoms with Crippen LogP contribution in [-0.4, -0.2) is 24.3 Å². The number of rotatable bonds is 2. The maximum Gasteiger partial charge on any atom is 0.334 e. The Balaban J connectivity index is 1.87. The molecule has 2 heterocycles. The van der Waals surface area contributed by atoms with Crippen molar-refractivity contribution >= 4 is 5.97 Å². The Labute approximate surface area is 133 Å². The maximum absolute atomic E-state index is 12.2. The topological polar surface area (TPSA) is 38.8 Å². The SMILES string of the molecule is C=C1CC[C@@H]2O[C@@]2(C)CC[C@@H]2/C(=C/C=C/CC)C(=O)OC[C@@H]12. The number of cyclic esters (lactones) is 1. The Morgan fingerprint density at radius 3 is 2.95 bits per heavy atom. The fraction of sp³-hybridized carbons (Fsp3) is 0.632. The highest BCUT2D eigenvalue weighted by Crippen LogP contribution is 2.49. The lowest BCUT2D eigenvalue weighted by Crippen LogP contribution is -2.34. The van der Waals surface area contributed by atoms with E-state index < -0.39 is 0 Å². The number of fused-ring (bicyclic) bond motifs is 2. The van der Waals surface area contributed by atoms with E-state index in [4.69, 9.17) is 9.47 Å². The third-order valence-electron chi connectivity index (χ3n) is 5.40. The van der Waals surface area contributed by atoms with E-state index in [0.29, 0.717) is 12.7 Å². The number of hydrogen-bond donors (Lipinski definition) is 0. The maximum atomic E-state index is 12.2. The number of epoxide rings is 1. The standard InChI is InChI=1S/C19H26O3/c1-4-5-6-7-15-14-10-11-19(3)17(22-19)9-8-13(2)16(14)12-21-18(15)20/h5-7,14,16-17H,2,4,8-12H2,1,3H3/b6-5+,15-7-/t14-,16+,17+,19+/m1/s1. The minimum atomic E-state index is -0.160. The zero-order valence-electron chi connectivity index (χ0n) is 13.6. The largest absolute Gasteiger partial charge is 0.462 e. The molecular formula is C19H26O3. The minimum Gasteiger partial charge on any atom is -0.462 e. The van der Waals surface area contributed by atoms with Gasteiger partial charge in [0.15, 0.2) is 0 Å². The molecule has 0 aromatic heterocycles. The lowest BCUT2D eigenvalue weighted by Gasteiger charge is -2.34. The summed E-state index contributed by atoms with van der Waals surface area (Å²) in [5.41, 5.74) is 2.04. The average Bonchev–Trinajstić information content (AvgIpc) is 3.14. The summed E-state index contributed by atoms with van der Waals surface area (Å²) >= 11 is 0. The van der Waals surface area contributed by atoms with Gasteiger partial charge >= 0.3 is 5.97 Å². The Morgan fingerprint density at radius 1 is 1.36 bits per heavy atom. The molecule has 3 heteroatoms. The summed E-state index contributed by atoms with van der Waals surface area (Å²) < 4.78 is 11.3. The second-order valence-electron chi connectivity index (χ2n) is 6.92. The fourth-order valence-electron chi connectivity index (χ4n) is 3.81. The van der Waals surface area contributed by atoms with Crippen molar-refractivity contribution in [3.8, 4) is 0 Å². The predicted octanol–water partition coefficient (Wildman–Crippen LogP) is 3.96. The average molecular weight is 302 g/mol. The van der Waals surface area contributed by atoms with Crippen molar-refractivity contribution in [1.29, 1.82) is 0 Å². The molecule has 3 nitrogen and oxygen atoms in total. The van der Waals surface area contributed by atoms with Gasteiger partial charge in [-0.2, -0.15) is 0 Å². The lowest BCUT2D eigenvalue weighted by atomic mass is 9.76. The molecule has 3 aliphatic rings. The van der Waals surface area contributed by atoms with E-state index in [-0.39, 0.29) is 23.4 Å². The molecule has 120 valence electrons. The van der Waals surface area contributed by atoms with Crippen LogP contribution in [0.2, 0.25) is 0 Å². The first-order valence-electron chi connectivity index (χ1n) is 8.44. The van der Waals surface area contributed by atoms with Crippen LogP contribution in [0, 0.1) is 11.8 Å². The van der Waals surface area contributed by atoms with Crippen molar-refractivity contribution in [2.75, 3.05) is 6.61 Å². The zero-order chi connectivity index (χ0) is 15.7. The van der Waals surface area contributed by atoms with Gasteiger partial charge in [-0.1, -0.05) is 37.3 Å². The normalized spacial score (nSPS) is 40.5. The Kier molecular flexibility index (Phi) is 4.26. The van der Waals surface area contributed by atoms with Gasteiger partial charge in [0.1, 0.15) is 0 Å². The van der Waals surface area contributed by atoms with Crippen LogP contribution in [-0.2, 0) is 14.3 Å². The highest BCUT2D eigenvalue weighted by atomic mass is 16.6. The van der Waals surface area contributed by atoms with Crippen molar-refractivity contribution in [1.82, 2.24) is 0 Å². The van der Waals surface area contributed by atoms with Crippen molar-refractivity contribution < 1.29 is 14.3 Å². The summed E-state index contributed by atoms with van der Waals surface area (Å²) in [5.74, 6) is 0.322. The van der Waals surface area contributed by atoms with Crippen LogP contribution in [0.15, 0.2) is 36.0 Å². The monoisotopic (exact) mass is 302 g/mol. The van der Waals surface area contributed by atoms with Crippen molar-refractivity contribution in [2.45, 2.75) is 57.7 Å². The van der Waals surface area contributed by atoms with Gasteiger partial charge in [-0.15, -0.1) is 0 Å². The van der Waals surface area contributed by atoms with Crippen molar-refractivity contribution in [3.63, 3.8) is 0 Å². The third-order valence-corrected chi connectivity index (χ3v) is 5.40. The molecule has 3 fully saturated rings. The zero-order valence-corrected chi connectivity index (χ0v) is 13.6. The molecule has 0 spiro atoms. The van der Waals surface area contributed by atoms with Gasteiger partial charge in [-0.25, -0.2) is 4.79 Å². The van der Waals surface area contributed by atoms with Crippen molar-refractivity contribution in [2.24, 2.45) is 11.8 Å². The first-order valence-corrected chi connectivity index (χ1v) is 8.44. The first kappa shape index (κ1) is 15.5. The quantitative estimate of drug-likeness (QED) is 0.335. The molecule has 1 saturated carbocycles. The van der Waals surface area contributed by atoms with E-state index in [1.54, 1.807) is 0 Å². The van der Waals surface area contributed by atoms with E-state index >= 15 is 0 Å². The molecule has 4 atom stereocenters. The number of ether oxygens (including phenoxy) is 2. The van der Waals surface area contributed by atoms with Crippen LogP contribution in [0.25, 0.3) is 0 Å². The number of hydrogen-bond acceptors (Lipinski definition) is 3. The lowest BCUT2D eigenvalue weighted by molar-refractivity contribution is -0.144. The number of carbonyl (C=O) groups excluding carboxylic acids is 1. The van der Waals surface area contributed by atoms with Crippen molar-refractivity contribution in [3.05, 3.63) is 36.0 Å². The summed E-state index contributed by atoms with van der Waals surface area (Å²) in [6, 6.07) is 0. The van der Waals surface area contributed by atoms with E-state index in [9.17, 15) is 4.79 Å². The van der Waals surface area contributed by atoms with Gasteiger partial charge in [0, 0.05) is 17.4 Å². The van der Waals surface area contributed by atoms with Crippen LogP contribution in [0.5, 0.6) is 0 Å². The van der Waals surface area contributed by atoms with Gasteiger partial charge in [0.05, 0.1) is 18.3 Å². The van der Waals surface area contributed by atoms with Gasteiger partial charge in [-0.05, 0) is 39.0 Å².